The number of imidazole rings is 1. The van der Waals surface area contributed by atoms with Crippen LogP contribution < -0.4 is 4.40 Å². The molecule has 4 aromatic carbocycles. The van der Waals surface area contributed by atoms with E-state index in [4.69, 9.17) is 14.4 Å². The molecule has 0 saturated heterocycles. The van der Waals surface area contributed by atoms with Gasteiger partial charge in [0.25, 0.3) is 0 Å². The molecule has 9 aromatic rings. The standard InChI is InChI=1S/C35H29N4O.C14H16GeN.Ir/c1-21-15-17-25-31-22(2)36-20-27(32(31)40-34(25)37-21)33-38-28-13-9-10-14-30(28)39(33)29-18-16-24(35(3,4)5)19-26(29)23-11-7-6-8-12-23;1-15(2,3)13-9-10-14(16-11-13)12-7-5-4-6-8-12;/h6-19H,1-5H3;4-7,9-11H,1-3H3;/q2*-1;. The van der Waals surface area contributed by atoms with E-state index in [-0.39, 0.29) is 25.5 Å². The van der Waals surface area contributed by atoms with E-state index in [1.54, 1.807) is 0 Å². The van der Waals surface area contributed by atoms with Gasteiger partial charge < -0.3 is 14.0 Å². The van der Waals surface area contributed by atoms with Crippen molar-refractivity contribution < 1.29 is 24.5 Å². The Morgan fingerprint density at radius 1 is 0.772 bits per heavy atom. The Hall–Kier alpha value is -5.21. The number of pyridine rings is 3. The van der Waals surface area contributed by atoms with Gasteiger partial charge in [-0.3, -0.25) is 4.98 Å². The normalized spacial score (nSPS) is 11.7. The Morgan fingerprint density at radius 2 is 1.53 bits per heavy atom. The van der Waals surface area contributed by atoms with E-state index >= 15 is 0 Å². The Balaban J connectivity index is 0.000000246. The van der Waals surface area contributed by atoms with E-state index in [1.807, 2.05) is 62.5 Å². The molecule has 0 spiro atoms. The van der Waals surface area contributed by atoms with Gasteiger partial charge in [-0.15, -0.1) is 0 Å². The third-order valence-electron chi connectivity index (χ3n) is 10.2. The maximum Gasteiger partial charge on any atom is 0 e. The molecular weight excluding hydrogens is 939 g/mol. The van der Waals surface area contributed by atoms with Gasteiger partial charge in [0.05, 0.1) is 22.4 Å². The fraction of sp³-hybridized carbons (Fsp3) is 0.184. The van der Waals surface area contributed by atoms with E-state index in [1.165, 1.54) is 9.96 Å². The molecule has 0 saturated carbocycles. The fourth-order valence-corrected chi connectivity index (χ4v) is 9.21. The zero-order valence-corrected chi connectivity index (χ0v) is 38.1. The average molecular weight is 985 g/mol. The number of nitrogens with zero attached hydrogens (tertiary/aromatic N) is 5. The first-order valence-electron chi connectivity index (χ1n) is 19.1. The summed E-state index contributed by atoms with van der Waals surface area (Å²) in [4.78, 5) is 19.0. The van der Waals surface area contributed by atoms with E-state index in [9.17, 15) is 0 Å². The van der Waals surface area contributed by atoms with E-state index in [2.05, 4.69) is 144 Å². The molecule has 0 aliphatic heterocycles. The van der Waals surface area contributed by atoms with Crippen LogP contribution in [0.1, 0.15) is 37.7 Å². The second-order valence-corrected chi connectivity index (χ2v) is 27.0. The summed E-state index contributed by atoms with van der Waals surface area (Å²) >= 11 is -1.72. The number of aryl methyl sites for hydroxylation is 2. The molecule has 0 amide bonds. The predicted molar refractivity (Wildman–Crippen MR) is 233 cm³/mol. The molecule has 5 heterocycles. The molecule has 5 aromatic heterocycles. The van der Waals surface area contributed by atoms with Crippen molar-refractivity contribution in [2.24, 2.45) is 0 Å². The van der Waals surface area contributed by atoms with Crippen LogP contribution >= 0.6 is 0 Å². The third kappa shape index (κ3) is 8.02. The van der Waals surface area contributed by atoms with Crippen LogP contribution in [-0.2, 0) is 25.5 Å². The summed E-state index contributed by atoms with van der Waals surface area (Å²) in [5.74, 6) is 7.87. The zero-order chi connectivity index (χ0) is 39.2. The molecule has 0 fully saturated rings. The number of hydrogen-bond donors (Lipinski definition) is 0. The van der Waals surface area contributed by atoms with Crippen molar-refractivity contribution in [2.45, 2.75) is 57.3 Å². The summed E-state index contributed by atoms with van der Waals surface area (Å²) in [6.07, 6.45) is 5.32. The Bertz CT molecular complexity index is 2830. The molecule has 9 rings (SSSR count). The largest absolute Gasteiger partial charge is 0 e. The van der Waals surface area contributed by atoms with Crippen molar-refractivity contribution in [3.05, 3.63) is 157 Å². The summed E-state index contributed by atoms with van der Waals surface area (Å²) in [6, 6.07) is 45.1. The molecule has 0 N–H and O–H groups in total. The number of rotatable bonds is 5. The Labute approximate surface area is 351 Å². The van der Waals surface area contributed by atoms with Gasteiger partial charge in [-0.25, -0.2) is 4.98 Å². The first kappa shape index (κ1) is 40.0. The van der Waals surface area contributed by atoms with Gasteiger partial charge in [0.15, 0.2) is 0 Å². The molecule has 287 valence electrons. The SMILES string of the molecule is Cc1ccc2c(n1)oc1c(-c3nc4ccccc4n3-c3ccc(C(C)(C)C)cc3-c3ccccc3)[c-]nc(C)c12.[CH3][Ge]([CH3])([CH3])[c]1ccc(-c2[c-]cccc2)nc1.[Ir]. The summed E-state index contributed by atoms with van der Waals surface area (Å²) in [6.45, 7) is 10.7. The second-order valence-electron chi connectivity index (χ2n) is 16.4. The Kier molecular flexibility index (Phi) is 11.2. The summed E-state index contributed by atoms with van der Waals surface area (Å²) < 4.78 is 10.1. The Morgan fingerprint density at radius 3 is 2.23 bits per heavy atom. The van der Waals surface area contributed by atoms with Gasteiger partial charge in [0.1, 0.15) is 0 Å². The molecule has 0 bridgehead atoms. The van der Waals surface area contributed by atoms with E-state index in [0.717, 1.165) is 67.1 Å². The van der Waals surface area contributed by atoms with Gasteiger partial charge >= 0.3 is 99.8 Å². The fourth-order valence-electron chi connectivity index (χ4n) is 7.04. The number of para-hydroxylation sites is 2. The van der Waals surface area contributed by atoms with Crippen LogP contribution in [0.5, 0.6) is 0 Å². The summed E-state index contributed by atoms with van der Waals surface area (Å²) in [5, 5.41) is 1.89. The monoisotopic (exact) mass is 986 g/mol. The maximum absolute atomic E-state index is 6.43. The van der Waals surface area contributed by atoms with Crippen molar-refractivity contribution in [3.8, 4) is 39.5 Å². The summed E-state index contributed by atoms with van der Waals surface area (Å²) in [5.41, 5.74) is 12.3. The first-order chi connectivity index (χ1) is 26.9. The smallest absolute Gasteiger partial charge is 0 e. The maximum atomic E-state index is 6.43. The molecule has 8 heteroatoms. The molecule has 0 atom stereocenters. The van der Waals surface area contributed by atoms with Crippen LogP contribution in [0.15, 0.2) is 132 Å². The van der Waals surface area contributed by atoms with Gasteiger partial charge in [-0.05, 0) is 82.7 Å². The van der Waals surface area contributed by atoms with Crippen molar-refractivity contribution in [3.63, 3.8) is 0 Å². The number of furan rings is 1. The van der Waals surface area contributed by atoms with Crippen LogP contribution in [0.3, 0.4) is 0 Å². The molecule has 0 aliphatic carbocycles. The van der Waals surface area contributed by atoms with Crippen LogP contribution in [0.2, 0.25) is 17.3 Å². The van der Waals surface area contributed by atoms with Gasteiger partial charge in [0.2, 0.25) is 5.71 Å². The molecule has 0 unspecified atom stereocenters. The number of fused-ring (bicyclic) bond motifs is 4. The predicted octanol–water partition coefficient (Wildman–Crippen LogP) is 11.9. The molecule has 57 heavy (non-hydrogen) atoms. The van der Waals surface area contributed by atoms with Crippen LogP contribution in [0.25, 0.3) is 72.6 Å². The average Bonchev–Trinajstić information content (AvgIpc) is 3.77. The van der Waals surface area contributed by atoms with Crippen molar-refractivity contribution in [1.82, 2.24) is 24.5 Å². The minimum Gasteiger partial charge on any atom is 0 e. The van der Waals surface area contributed by atoms with Crippen molar-refractivity contribution in [2.75, 3.05) is 0 Å². The second kappa shape index (κ2) is 16.0. The first-order valence-corrected chi connectivity index (χ1v) is 26.4. The van der Waals surface area contributed by atoms with Crippen molar-refractivity contribution >= 4 is 50.8 Å². The molecule has 0 aliphatic rings. The molecule has 1 radical (unpaired) electrons. The molecular formula is C49H45GeIrN5O-2. The van der Waals surface area contributed by atoms with Gasteiger partial charge in [-0.1, -0.05) is 76.2 Å². The van der Waals surface area contributed by atoms with Crippen molar-refractivity contribution in [1.29, 1.82) is 0 Å². The topological polar surface area (TPSA) is 69.6 Å². The van der Waals surface area contributed by atoms with Crippen LogP contribution in [-0.4, -0.2) is 37.8 Å². The van der Waals surface area contributed by atoms with Crippen LogP contribution in [0, 0.1) is 26.1 Å². The van der Waals surface area contributed by atoms with Crippen LogP contribution in [0.4, 0.5) is 0 Å². The third-order valence-corrected chi connectivity index (χ3v) is 14.5. The zero-order valence-electron chi connectivity index (χ0n) is 33.6. The summed E-state index contributed by atoms with van der Waals surface area (Å²) in [7, 11) is 0. The van der Waals surface area contributed by atoms with E-state index < -0.39 is 13.3 Å². The quantitative estimate of drug-likeness (QED) is 0.127. The van der Waals surface area contributed by atoms with Gasteiger partial charge in [-0.2, -0.15) is 0 Å². The molecule has 6 nitrogen and oxygen atoms in total. The number of benzene rings is 4. The van der Waals surface area contributed by atoms with Gasteiger partial charge in [0, 0.05) is 42.4 Å². The number of aromatic nitrogens is 5. The van der Waals surface area contributed by atoms with E-state index in [0.29, 0.717) is 16.9 Å². The number of hydrogen-bond acceptors (Lipinski definition) is 5. The minimum absolute atomic E-state index is 0. The minimum atomic E-state index is -1.72.